The highest BCUT2D eigenvalue weighted by Crippen LogP contribution is 2.24. The third-order valence-electron chi connectivity index (χ3n) is 4.78. The van der Waals surface area contributed by atoms with Gasteiger partial charge in [0.2, 0.25) is 6.04 Å². The first-order chi connectivity index (χ1) is 16.9. The number of carbonyl (C=O) groups excluding carboxylic acids is 4. The number of anilines is 1. The Bertz CT molecular complexity index is 1200. The van der Waals surface area contributed by atoms with Crippen molar-refractivity contribution in [2.45, 2.75) is 19.6 Å². The van der Waals surface area contributed by atoms with Crippen molar-refractivity contribution in [3.63, 3.8) is 0 Å². The van der Waals surface area contributed by atoms with E-state index in [4.69, 9.17) is 21.1 Å². The van der Waals surface area contributed by atoms with E-state index in [0.717, 1.165) is 5.56 Å². The van der Waals surface area contributed by atoms with Gasteiger partial charge in [0.1, 0.15) is 6.61 Å². The summed E-state index contributed by atoms with van der Waals surface area (Å²) in [6.07, 6.45) is -0.992. The molecular formula is C26H23ClN2O6. The number of ether oxygens (including phenoxy) is 2. The van der Waals surface area contributed by atoms with Crippen LogP contribution in [0.5, 0.6) is 0 Å². The van der Waals surface area contributed by atoms with Crippen LogP contribution in [0.4, 0.5) is 10.5 Å². The number of nitrogens with one attached hydrogen (secondary N) is 2. The highest BCUT2D eigenvalue weighted by atomic mass is 35.5. The number of alkyl carbamates (subject to hydrolysis) is 1. The first-order valence-electron chi connectivity index (χ1n) is 10.7. The van der Waals surface area contributed by atoms with Crippen molar-refractivity contribution >= 4 is 41.0 Å². The Morgan fingerprint density at radius 1 is 0.886 bits per heavy atom. The number of esters is 1. The zero-order valence-corrected chi connectivity index (χ0v) is 19.6. The summed E-state index contributed by atoms with van der Waals surface area (Å²) in [6.45, 7) is 1.49. The molecule has 35 heavy (non-hydrogen) atoms. The van der Waals surface area contributed by atoms with Gasteiger partial charge in [-0.1, -0.05) is 72.3 Å². The molecule has 0 spiro atoms. The molecule has 0 fully saturated rings. The van der Waals surface area contributed by atoms with Gasteiger partial charge >= 0.3 is 12.1 Å². The van der Waals surface area contributed by atoms with E-state index in [1.807, 2.05) is 6.07 Å². The Labute approximate surface area is 207 Å². The van der Waals surface area contributed by atoms with E-state index in [0.29, 0.717) is 5.56 Å². The monoisotopic (exact) mass is 494 g/mol. The number of hydrogen-bond acceptors (Lipinski definition) is 6. The molecule has 3 aromatic rings. The second-order valence-electron chi connectivity index (χ2n) is 7.27. The normalized spacial score (nSPS) is 11.1. The zero-order chi connectivity index (χ0) is 25.2. The average molecular weight is 495 g/mol. The van der Waals surface area contributed by atoms with Crippen molar-refractivity contribution in [2.24, 2.45) is 0 Å². The first-order valence-corrected chi connectivity index (χ1v) is 11.1. The summed E-state index contributed by atoms with van der Waals surface area (Å²) in [5.41, 5.74) is 1.35. The van der Waals surface area contributed by atoms with Gasteiger partial charge in [0.25, 0.3) is 5.91 Å². The van der Waals surface area contributed by atoms with Crippen LogP contribution in [-0.4, -0.2) is 36.4 Å². The number of halogens is 1. The summed E-state index contributed by atoms with van der Waals surface area (Å²) in [5.74, 6) is -2.27. The van der Waals surface area contributed by atoms with Crippen LogP contribution in [0.15, 0.2) is 78.9 Å². The molecule has 0 saturated carbocycles. The fourth-order valence-corrected chi connectivity index (χ4v) is 3.28. The predicted molar refractivity (Wildman–Crippen MR) is 130 cm³/mol. The lowest BCUT2D eigenvalue weighted by molar-refractivity contribution is -0.148. The van der Waals surface area contributed by atoms with Gasteiger partial charge in [-0.05, 0) is 30.7 Å². The number of hydrogen-bond donors (Lipinski definition) is 2. The van der Waals surface area contributed by atoms with Gasteiger partial charge in [-0.25, -0.2) is 9.59 Å². The second-order valence-corrected chi connectivity index (χ2v) is 7.70. The van der Waals surface area contributed by atoms with E-state index in [1.165, 1.54) is 18.2 Å². The summed E-state index contributed by atoms with van der Waals surface area (Å²) in [7, 11) is 0. The molecule has 0 aliphatic carbocycles. The van der Waals surface area contributed by atoms with Crippen LogP contribution < -0.4 is 10.6 Å². The molecule has 1 atom stereocenters. The lowest BCUT2D eigenvalue weighted by Crippen LogP contribution is -2.50. The summed E-state index contributed by atoms with van der Waals surface area (Å²) >= 11 is 6.08. The number of carbonyl (C=O) groups is 4. The number of amides is 2. The number of benzene rings is 3. The van der Waals surface area contributed by atoms with Crippen molar-refractivity contribution in [3.05, 3.63) is 101 Å². The van der Waals surface area contributed by atoms with Gasteiger partial charge in [-0.15, -0.1) is 0 Å². The molecule has 3 rings (SSSR count). The Hall–Kier alpha value is -4.17. The number of ketones is 1. The standard InChI is InChI=1S/C26H23ClN2O6/c1-2-34-25(32)22(29-26(33)35-16-17-9-5-3-6-10-17)24(31)28-21-15-19(27)13-14-20(21)23(30)18-11-7-4-8-12-18/h3-15,22H,2,16H2,1H3,(H,28,31)(H,29,33). The third kappa shape index (κ3) is 7.15. The average Bonchev–Trinajstić information content (AvgIpc) is 2.87. The van der Waals surface area contributed by atoms with Gasteiger partial charge in [-0.2, -0.15) is 0 Å². The van der Waals surface area contributed by atoms with Gasteiger partial charge in [0, 0.05) is 16.1 Å². The highest BCUT2D eigenvalue weighted by molar-refractivity contribution is 6.31. The van der Waals surface area contributed by atoms with E-state index in [-0.39, 0.29) is 35.3 Å². The molecule has 180 valence electrons. The van der Waals surface area contributed by atoms with Gasteiger partial charge in [-0.3, -0.25) is 14.9 Å². The maximum atomic E-state index is 13.0. The van der Waals surface area contributed by atoms with Crippen LogP contribution >= 0.6 is 11.6 Å². The molecule has 1 unspecified atom stereocenters. The topological polar surface area (TPSA) is 111 Å². The van der Waals surface area contributed by atoms with E-state index >= 15 is 0 Å². The summed E-state index contributed by atoms with van der Waals surface area (Å²) in [4.78, 5) is 50.8. The van der Waals surface area contributed by atoms with Crippen LogP contribution in [0, 0.1) is 0 Å². The van der Waals surface area contributed by atoms with Crippen LogP contribution in [0.3, 0.4) is 0 Å². The van der Waals surface area contributed by atoms with Crippen LogP contribution in [0.1, 0.15) is 28.4 Å². The highest BCUT2D eigenvalue weighted by Gasteiger charge is 2.31. The van der Waals surface area contributed by atoms with Gasteiger partial charge in [0.15, 0.2) is 5.78 Å². The van der Waals surface area contributed by atoms with Gasteiger partial charge < -0.3 is 14.8 Å². The summed E-state index contributed by atoms with van der Waals surface area (Å²) < 4.78 is 10.0. The van der Waals surface area contributed by atoms with Crippen molar-refractivity contribution in [3.8, 4) is 0 Å². The van der Waals surface area contributed by atoms with Crippen LogP contribution in [0.25, 0.3) is 0 Å². The zero-order valence-electron chi connectivity index (χ0n) is 18.8. The van der Waals surface area contributed by atoms with Gasteiger partial charge in [0.05, 0.1) is 12.3 Å². The quantitative estimate of drug-likeness (QED) is 0.259. The minimum atomic E-state index is -1.73. The fraction of sp³-hybridized carbons (Fsp3) is 0.154. The second kappa shape index (κ2) is 12.3. The minimum Gasteiger partial charge on any atom is -0.464 e. The van der Waals surface area contributed by atoms with Crippen molar-refractivity contribution in [1.82, 2.24) is 5.32 Å². The summed E-state index contributed by atoms with van der Waals surface area (Å²) in [6, 6.07) is 20.0. The largest absolute Gasteiger partial charge is 0.464 e. The van der Waals surface area contributed by atoms with Crippen molar-refractivity contribution < 1.29 is 28.7 Å². The maximum Gasteiger partial charge on any atom is 0.408 e. The van der Waals surface area contributed by atoms with Crippen molar-refractivity contribution in [2.75, 3.05) is 11.9 Å². The van der Waals surface area contributed by atoms with Crippen LogP contribution in [0.2, 0.25) is 5.02 Å². The SMILES string of the molecule is CCOC(=O)C(NC(=O)OCc1ccccc1)C(=O)Nc1cc(Cl)ccc1C(=O)c1ccccc1. The fourth-order valence-electron chi connectivity index (χ4n) is 3.11. The molecule has 0 radical (unpaired) electrons. The molecule has 0 aromatic heterocycles. The molecule has 0 saturated heterocycles. The number of rotatable bonds is 9. The molecule has 0 aliphatic rings. The lowest BCUT2D eigenvalue weighted by atomic mass is 10.0. The van der Waals surface area contributed by atoms with E-state index in [1.54, 1.807) is 61.5 Å². The Balaban J connectivity index is 1.78. The van der Waals surface area contributed by atoms with Crippen LogP contribution in [-0.2, 0) is 25.7 Å². The Kier molecular flexibility index (Phi) is 8.97. The molecule has 2 amide bonds. The Morgan fingerprint density at radius 3 is 2.20 bits per heavy atom. The predicted octanol–water partition coefficient (Wildman–Crippen LogP) is 4.37. The molecule has 3 aromatic carbocycles. The van der Waals surface area contributed by atoms with Crippen molar-refractivity contribution in [1.29, 1.82) is 0 Å². The first kappa shape index (κ1) is 25.5. The summed E-state index contributed by atoms with van der Waals surface area (Å²) in [5, 5.41) is 4.98. The molecule has 9 heteroatoms. The molecule has 0 heterocycles. The molecule has 0 aliphatic heterocycles. The van der Waals surface area contributed by atoms with E-state index in [2.05, 4.69) is 10.6 Å². The minimum absolute atomic E-state index is 0.0156. The third-order valence-corrected chi connectivity index (χ3v) is 5.01. The lowest BCUT2D eigenvalue weighted by Gasteiger charge is -2.18. The molecule has 0 bridgehead atoms. The smallest absolute Gasteiger partial charge is 0.408 e. The Morgan fingerprint density at radius 2 is 1.54 bits per heavy atom. The molecular weight excluding hydrogens is 472 g/mol. The van der Waals surface area contributed by atoms with E-state index in [9.17, 15) is 19.2 Å². The van der Waals surface area contributed by atoms with E-state index < -0.39 is 24.0 Å². The molecule has 2 N–H and O–H groups in total. The molecule has 8 nitrogen and oxygen atoms in total. The maximum absolute atomic E-state index is 13.0.